The summed E-state index contributed by atoms with van der Waals surface area (Å²) in [6.07, 6.45) is 0.950. The van der Waals surface area contributed by atoms with Crippen LogP contribution in [0.3, 0.4) is 0 Å². The summed E-state index contributed by atoms with van der Waals surface area (Å²) in [5.74, 6) is 0.261. The molecule has 2 amide bonds. The number of ether oxygens (including phenoxy) is 1. The second-order valence-corrected chi connectivity index (χ2v) is 6.27. The van der Waals surface area contributed by atoms with Crippen molar-refractivity contribution < 1.29 is 18.7 Å². The number of carbonyl (C=O) groups is 2. The van der Waals surface area contributed by atoms with Crippen LogP contribution in [0.4, 0.5) is 4.39 Å². The molecule has 27 heavy (non-hydrogen) atoms. The van der Waals surface area contributed by atoms with Crippen molar-refractivity contribution in [3.8, 4) is 5.75 Å². The fourth-order valence-electron chi connectivity index (χ4n) is 2.62. The van der Waals surface area contributed by atoms with Gasteiger partial charge in [0.1, 0.15) is 11.6 Å². The van der Waals surface area contributed by atoms with Crippen LogP contribution in [-0.4, -0.2) is 36.9 Å². The average Bonchev–Trinajstić information content (AvgIpc) is 2.67. The third-order valence-corrected chi connectivity index (χ3v) is 4.24. The number of rotatable bonds is 9. The number of halogens is 1. The van der Waals surface area contributed by atoms with Gasteiger partial charge in [0.05, 0.1) is 7.11 Å². The number of nitrogens with one attached hydrogen (secondary N) is 1. The molecular weight excluding hydrogens is 347 g/mol. The topological polar surface area (TPSA) is 58.6 Å². The number of hydrogen-bond acceptors (Lipinski definition) is 3. The average molecular weight is 372 g/mol. The first-order chi connectivity index (χ1) is 13.0. The van der Waals surface area contributed by atoms with E-state index in [2.05, 4.69) is 5.32 Å². The van der Waals surface area contributed by atoms with E-state index in [1.54, 1.807) is 24.1 Å². The normalized spacial score (nSPS) is 10.3. The summed E-state index contributed by atoms with van der Waals surface area (Å²) >= 11 is 0. The van der Waals surface area contributed by atoms with Crippen LogP contribution in [0.2, 0.25) is 0 Å². The van der Waals surface area contributed by atoms with Crippen LogP contribution < -0.4 is 10.1 Å². The lowest BCUT2D eigenvalue weighted by atomic mass is 10.1. The summed E-state index contributed by atoms with van der Waals surface area (Å²) in [6, 6.07) is 13.7. The summed E-state index contributed by atoms with van der Waals surface area (Å²) in [6.45, 7) is 2.67. The molecule has 0 spiro atoms. The molecule has 0 saturated heterocycles. The minimum atomic E-state index is -0.315. The van der Waals surface area contributed by atoms with Crippen molar-refractivity contribution in [2.24, 2.45) is 0 Å². The Morgan fingerprint density at radius 1 is 1.04 bits per heavy atom. The quantitative estimate of drug-likeness (QED) is 0.736. The Morgan fingerprint density at radius 3 is 2.26 bits per heavy atom. The highest BCUT2D eigenvalue weighted by molar-refractivity contribution is 5.78. The van der Waals surface area contributed by atoms with Gasteiger partial charge in [-0.05, 0) is 41.8 Å². The van der Waals surface area contributed by atoms with E-state index in [1.165, 1.54) is 19.1 Å². The Hall–Kier alpha value is -2.89. The van der Waals surface area contributed by atoms with Crippen molar-refractivity contribution in [1.29, 1.82) is 0 Å². The molecule has 5 nitrogen and oxygen atoms in total. The molecule has 0 heterocycles. The number of methoxy groups -OCH3 is 1. The molecule has 0 aliphatic heterocycles. The van der Waals surface area contributed by atoms with Crippen molar-refractivity contribution in [2.75, 3.05) is 20.2 Å². The van der Waals surface area contributed by atoms with Crippen LogP contribution in [0.15, 0.2) is 48.5 Å². The molecule has 0 radical (unpaired) electrons. The first-order valence-electron chi connectivity index (χ1n) is 8.87. The van der Waals surface area contributed by atoms with Crippen LogP contribution in [0.5, 0.6) is 5.75 Å². The van der Waals surface area contributed by atoms with Crippen molar-refractivity contribution in [1.82, 2.24) is 10.2 Å². The minimum absolute atomic E-state index is 0.103. The van der Waals surface area contributed by atoms with Gasteiger partial charge in [0, 0.05) is 33.0 Å². The monoisotopic (exact) mass is 372 g/mol. The smallest absolute Gasteiger partial charge is 0.221 e. The fraction of sp³-hybridized carbons (Fsp3) is 0.333. The van der Waals surface area contributed by atoms with Gasteiger partial charge < -0.3 is 15.0 Å². The number of amides is 2. The van der Waals surface area contributed by atoms with Gasteiger partial charge in [-0.2, -0.15) is 0 Å². The lowest BCUT2D eigenvalue weighted by Crippen LogP contribution is -2.34. The summed E-state index contributed by atoms with van der Waals surface area (Å²) < 4.78 is 18.1. The molecule has 0 saturated carbocycles. The molecule has 144 valence electrons. The number of hydrogen-bond donors (Lipinski definition) is 1. The molecule has 0 aliphatic carbocycles. The highest BCUT2D eigenvalue weighted by Gasteiger charge is 2.12. The standard InChI is InChI=1S/C21H25FN2O3/c1-16(25)24(15-18-3-7-19(22)8-4-18)14-12-21(26)23-13-11-17-5-9-20(27-2)10-6-17/h3-10H,11-15H2,1-2H3,(H,23,26). The van der Waals surface area contributed by atoms with E-state index in [4.69, 9.17) is 4.74 Å². The predicted octanol–water partition coefficient (Wildman–Crippen LogP) is 2.93. The number of carbonyl (C=O) groups excluding carboxylic acids is 2. The third-order valence-electron chi connectivity index (χ3n) is 4.24. The van der Waals surface area contributed by atoms with E-state index >= 15 is 0 Å². The Morgan fingerprint density at radius 2 is 1.67 bits per heavy atom. The van der Waals surface area contributed by atoms with Gasteiger partial charge in [-0.15, -0.1) is 0 Å². The summed E-state index contributed by atoms with van der Waals surface area (Å²) in [5, 5.41) is 2.87. The molecular formula is C21H25FN2O3. The Balaban J connectivity index is 1.74. The summed E-state index contributed by atoms with van der Waals surface area (Å²) in [5.41, 5.74) is 1.93. The van der Waals surface area contributed by atoms with E-state index < -0.39 is 0 Å². The van der Waals surface area contributed by atoms with Gasteiger partial charge in [0.15, 0.2) is 0 Å². The van der Waals surface area contributed by atoms with Crippen molar-refractivity contribution in [3.63, 3.8) is 0 Å². The maximum atomic E-state index is 13.0. The van der Waals surface area contributed by atoms with E-state index in [9.17, 15) is 14.0 Å². The van der Waals surface area contributed by atoms with Crippen LogP contribution in [0.1, 0.15) is 24.5 Å². The van der Waals surface area contributed by atoms with Gasteiger partial charge in [-0.3, -0.25) is 9.59 Å². The lowest BCUT2D eigenvalue weighted by Gasteiger charge is -2.21. The SMILES string of the molecule is COc1ccc(CCNC(=O)CCN(Cc2ccc(F)cc2)C(C)=O)cc1. The first-order valence-corrected chi connectivity index (χ1v) is 8.87. The molecule has 1 N–H and O–H groups in total. The van der Waals surface area contributed by atoms with Gasteiger partial charge in [-0.25, -0.2) is 4.39 Å². The van der Waals surface area contributed by atoms with Crippen LogP contribution in [0.25, 0.3) is 0 Å². The fourth-order valence-corrected chi connectivity index (χ4v) is 2.62. The van der Waals surface area contributed by atoms with E-state index in [0.717, 1.165) is 23.3 Å². The van der Waals surface area contributed by atoms with Gasteiger partial charge in [0.2, 0.25) is 11.8 Å². The zero-order valence-corrected chi connectivity index (χ0v) is 15.7. The predicted molar refractivity (Wildman–Crippen MR) is 102 cm³/mol. The van der Waals surface area contributed by atoms with E-state index in [-0.39, 0.29) is 24.1 Å². The molecule has 0 aliphatic rings. The van der Waals surface area contributed by atoms with E-state index in [0.29, 0.717) is 19.6 Å². The number of nitrogens with zero attached hydrogens (tertiary/aromatic N) is 1. The molecule has 2 aromatic carbocycles. The third kappa shape index (κ3) is 7.09. The summed E-state index contributed by atoms with van der Waals surface area (Å²) in [7, 11) is 1.62. The van der Waals surface area contributed by atoms with E-state index in [1.807, 2.05) is 24.3 Å². The lowest BCUT2D eigenvalue weighted by molar-refractivity contribution is -0.130. The molecule has 0 aromatic heterocycles. The van der Waals surface area contributed by atoms with Gasteiger partial charge in [0.25, 0.3) is 0 Å². The molecule has 0 bridgehead atoms. The zero-order valence-electron chi connectivity index (χ0n) is 15.7. The Kier molecular flexibility index (Phi) is 7.79. The van der Waals surface area contributed by atoms with Crippen LogP contribution in [0, 0.1) is 5.82 Å². The molecule has 0 unspecified atom stereocenters. The Labute approximate surface area is 159 Å². The molecule has 2 aromatic rings. The summed E-state index contributed by atoms with van der Waals surface area (Å²) in [4.78, 5) is 25.4. The van der Waals surface area contributed by atoms with Crippen molar-refractivity contribution in [3.05, 3.63) is 65.5 Å². The zero-order chi connectivity index (χ0) is 19.6. The first kappa shape index (κ1) is 20.4. The maximum Gasteiger partial charge on any atom is 0.221 e. The molecule has 2 rings (SSSR count). The Bertz CT molecular complexity index is 745. The minimum Gasteiger partial charge on any atom is -0.497 e. The second-order valence-electron chi connectivity index (χ2n) is 6.27. The van der Waals surface area contributed by atoms with Gasteiger partial charge in [-0.1, -0.05) is 24.3 Å². The maximum absolute atomic E-state index is 13.0. The van der Waals surface area contributed by atoms with Crippen LogP contribution >= 0.6 is 0 Å². The van der Waals surface area contributed by atoms with Gasteiger partial charge >= 0.3 is 0 Å². The molecule has 0 fully saturated rings. The van der Waals surface area contributed by atoms with Crippen LogP contribution in [-0.2, 0) is 22.6 Å². The van der Waals surface area contributed by atoms with Crippen molar-refractivity contribution in [2.45, 2.75) is 26.3 Å². The number of benzene rings is 2. The van der Waals surface area contributed by atoms with Crippen molar-refractivity contribution >= 4 is 11.8 Å². The second kappa shape index (κ2) is 10.3. The highest BCUT2D eigenvalue weighted by atomic mass is 19.1. The molecule has 0 atom stereocenters. The molecule has 6 heteroatoms. The highest BCUT2D eigenvalue weighted by Crippen LogP contribution is 2.11. The largest absolute Gasteiger partial charge is 0.497 e.